The van der Waals surface area contributed by atoms with Crippen molar-refractivity contribution in [2.75, 3.05) is 0 Å². The molecule has 24 heavy (non-hydrogen) atoms. The third kappa shape index (κ3) is 4.79. The number of benzene rings is 2. The number of carbonyl (C=O) groups excluding carboxylic acids is 2. The van der Waals surface area contributed by atoms with Crippen LogP contribution in [-0.2, 0) is 11.3 Å². The van der Waals surface area contributed by atoms with Crippen molar-refractivity contribution in [2.45, 2.75) is 46.2 Å². The minimum absolute atomic E-state index is 0.0239. The molecule has 2 aromatic rings. The van der Waals surface area contributed by atoms with E-state index >= 15 is 0 Å². The molecule has 1 amide bonds. The van der Waals surface area contributed by atoms with E-state index in [1.165, 1.54) is 0 Å². The molecule has 3 nitrogen and oxygen atoms in total. The number of hydrogen-bond donors (Lipinski definition) is 0. The standard InChI is InChI=1S/C21H25NO2/c1-16(2)22(15-18-10-5-4-6-11-18)21(24)14-13-20(23)19-12-8-7-9-17(19)3/h4-12,16H,13-15H2,1-3H3. The third-order valence-electron chi connectivity index (χ3n) is 4.15. The topological polar surface area (TPSA) is 37.4 Å². The van der Waals surface area contributed by atoms with Crippen LogP contribution >= 0.6 is 0 Å². The first-order chi connectivity index (χ1) is 11.5. The predicted octanol–water partition coefficient (Wildman–Crippen LogP) is 4.40. The van der Waals surface area contributed by atoms with Gasteiger partial charge in [0.1, 0.15) is 0 Å². The number of aryl methyl sites for hydroxylation is 1. The molecular formula is C21H25NO2. The van der Waals surface area contributed by atoms with Crippen molar-refractivity contribution in [2.24, 2.45) is 0 Å². The van der Waals surface area contributed by atoms with Gasteiger partial charge in [0.15, 0.2) is 5.78 Å². The Morgan fingerprint density at radius 3 is 2.17 bits per heavy atom. The van der Waals surface area contributed by atoms with Crippen LogP contribution in [0.5, 0.6) is 0 Å². The van der Waals surface area contributed by atoms with Crippen LogP contribution in [-0.4, -0.2) is 22.6 Å². The highest BCUT2D eigenvalue weighted by Crippen LogP contribution is 2.14. The van der Waals surface area contributed by atoms with E-state index in [0.717, 1.165) is 11.1 Å². The van der Waals surface area contributed by atoms with E-state index in [1.807, 2.05) is 80.3 Å². The molecule has 0 fully saturated rings. The van der Waals surface area contributed by atoms with Crippen molar-refractivity contribution in [3.8, 4) is 0 Å². The second kappa shape index (κ2) is 8.44. The van der Waals surface area contributed by atoms with E-state index < -0.39 is 0 Å². The van der Waals surface area contributed by atoms with E-state index in [-0.39, 0.29) is 30.6 Å². The summed E-state index contributed by atoms with van der Waals surface area (Å²) in [6, 6.07) is 17.6. The van der Waals surface area contributed by atoms with Crippen molar-refractivity contribution in [1.82, 2.24) is 4.90 Å². The SMILES string of the molecule is Cc1ccccc1C(=O)CCC(=O)N(Cc1ccccc1)C(C)C. The van der Waals surface area contributed by atoms with Gasteiger partial charge in [0, 0.05) is 31.0 Å². The molecule has 0 saturated carbocycles. The fourth-order valence-corrected chi connectivity index (χ4v) is 2.72. The van der Waals surface area contributed by atoms with Gasteiger partial charge in [0.25, 0.3) is 0 Å². The number of rotatable bonds is 7. The molecule has 0 aliphatic heterocycles. The van der Waals surface area contributed by atoms with E-state index in [1.54, 1.807) is 0 Å². The number of amides is 1. The fraction of sp³-hybridized carbons (Fsp3) is 0.333. The molecule has 0 bridgehead atoms. The second-order valence-corrected chi connectivity index (χ2v) is 6.34. The van der Waals surface area contributed by atoms with Gasteiger partial charge in [-0.3, -0.25) is 9.59 Å². The minimum atomic E-state index is 0.0239. The zero-order chi connectivity index (χ0) is 17.5. The summed E-state index contributed by atoms with van der Waals surface area (Å²) >= 11 is 0. The first-order valence-corrected chi connectivity index (χ1v) is 8.41. The number of hydrogen-bond acceptors (Lipinski definition) is 2. The number of ketones is 1. The number of nitrogens with zero attached hydrogens (tertiary/aromatic N) is 1. The molecule has 0 heterocycles. The molecule has 0 N–H and O–H groups in total. The van der Waals surface area contributed by atoms with Crippen LogP contribution in [0.15, 0.2) is 54.6 Å². The van der Waals surface area contributed by atoms with Crippen LogP contribution < -0.4 is 0 Å². The monoisotopic (exact) mass is 323 g/mol. The van der Waals surface area contributed by atoms with Crippen LogP contribution in [0.4, 0.5) is 0 Å². The van der Waals surface area contributed by atoms with Gasteiger partial charge < -0.3 is 4.90 Å². The highest BCUT2D eigenvalue weighted by atomic mass is 16.2. The molecule has 0 saturated heterocycles. The van der Waals surface area contributed by atoms with Gasteiger partial charge in [0.2, 0.25) is 5.91 Å². The maximum absolute atomic E-state index is 12.6. The quantitative estimate of drug-likeness (QED) is 0.708. The first kappa shape index (κ1) is 17.9. The minimum Gasteiger partial charge on any atom is -0.336 e. The van der Waals surface area contributed by atoms with Gasteiger partial charge in [-0.05, 0) is 31.9 Å². The van der Waals surface area contributed by atoms with Crippen molar-refractivity contribution < 1.29 is 9.59 Å². The Labute approximate surface area is 144 Å². The predicted molar refractivity (Wildman–Crippen MR) is 96.9 cm³/mol. The maximum atomic E-state index is 12.6. The fourth-order valence-electron chi connectivity index (χ4n) is 2.72. The molecule has 126 valence electrons. The average Bonchev–Trinajstić information content (AvgIpc) is 2.58. The van der Waals surface area contributed by atoms with E-state index in [4.69, 9.17) is 0 Å². The second-order valence-electron chi connectivity index (χ2n) is 6.34. The maximum Gasteiger partial charge on any atom is 0.223 e. The molecule has 3 heteroatoms. The summed E-state index contributed by atoms with van der Waals surface area (Å²) in [4.78, 5) is 26.8. The Morgan fingerprint density at radius 2 is 1.54 bits per heavy atom. The molecule has 0 aliphatic carbocycles. The Morgan fingerprint density at radius 1 is 0.917 bits per heavy atom. The van der Waals surface area contributed by atoms with Crippen LogP contribution in [0.1, 0.15) is 48.2 Å². The zero-order valence-corrected chi connectivity index (χ0v) is 14.7. The lowest BCUT2D eigenvalue weighted by Crippen LogP contribution is -2.36. The van der Waals surface area contributed by atoms with Crippen molar-refractivity contribution in [1.29, 1.82) is 0 Å². The first-order valence-electron chi connectivity index (χ1n) is 8.41. The van der Waals surface area contributed by atoms with Crippen LogP contribution in [0, 0.1) is 6.92 Å². The van der Waals surface area contributed by atoms with Crippen LogP contribution in [0.2, 0.25) is 0 Å². The molecule has 0 radical (unpaired) electrons. The van der Waals surface area contributed by atoms with Crippen molar-refractivity contribution in [3.05, 3.63) is 71.3 Å². The molecule has 0 aromatic heterocycles. The van der Waals surface area contributed by atoms with Gasteiger partial charge in [-0.1, -0.05) is 54.6 Å². The molecule has 2 aromatic carbocycles. The Kier molecular flexibility index (Phi) is 6.30. The van der Waals surface area contributed by atoms with Crippen LogP contribution in [0.3, 0.4) is 0 Å². The normalized spacial score (nSPS) is 10.7. The van der Waals surface area contributed by atoms with Gasteiger partial charge in [-0.2, -0.15) is 0 Å². The largest absolute Gasteiger partial charge is 0.336 e. The third-order valence-corrected chi connectivity index (χ3v) is 4.15. The molecule has 0 aliphatic rings. The highest BCUT2D eigenvalue weighted by molar-refractivity contribution is 5.99. The summed E-state index contributed by atoms with van der Waals surface area (Å²) in [6.45, 7) is 6.51. The lowest BCUT2D eigenvalue weighted by Gasteiger charge is -2.27. The summed E-state index contributed by atoms with van der Waals surface area (Å²) in [5, 5.41) is 0. The molecule has 2 rings (SSSR count). The molecule has 0 unspecified atom stereocenters. The zero-order valence-electron chi connectivity index (χ0n) is 14.7. The van der Waals surface area contributed by atoms with E-state index in [0.29, 0.717) is 12.1 Å². The Hall–Kier alpha value is -2.42. The van der Waals surface area contributed by atoms with Gasteiger partial charge >= 0.3 is 0 Å². The Bertz CT molecular complexity index is 692. The van der Waals surface area contributed by atoms with Gasteiger partial charge in [0.05, 0.1) is 0 Å². The highest BCUT2D eigenvalue weighted by Gasteiger charge is 2.19. The van der Waals surface area contributed by atoms with Crippen molar-refractivity contribution >= 4 is 11.7 Å². The molecule has 0 atom stereocenters. The summed E-state index contributed by atoms with van der Waals surface area (Å²) in [7, 11) is 0. The van der Waals surface area contributed by atoms with Crippen molar-refractivity contribution in [3.63, 3.8) is 0 Å². The Balaban J connectivity index is 1.98. The lowest BCUT2D eigenvalue weighted by atomic mass is 10.0. The van der Waals surface area contributed by atoms with E-state index in [2.05, 4.69) is 0 Å². The molecular weight excluding hydrogens is 298 g/mol. The van der Waals surface area contributed by atoms with Gasteiger partial charge in [-0.25, -0.2) is 0 Å². The number of Topliss-reactive ketones (excluding diaryl/α,β-unsaturated/α-hetero) is 1. The smallest absolute Gasteiger partial charge is 0.223 e. The lowest BCUT2D eigenvalue weighted by molar-refractivity contribution is -0.133. The number of carbonyl (C=O) groups is 2. The van der Waals surface area contributed by atoms with E-state index in [9.17, 15) is 9.59 Å². The van der Waals surface area contributed by atoms with Crippen LogP contribution in [0.25, 0.3) is 0 Å². The molecule has 0 spiro atoms. The summed E-state index contributed by atoms with van der Waals surface area (Å²) in [6.07, 6.45) is 0.500. The average molecular weight is 323 g/mol. The summed E-state index contributed by atoms with van der Waals surface area (Å²) in [5.74, 6) is 0.0562. The summed E-state index contributed by atoms with van der Waals surface area (Å²) in [5.41, 5.74) is 2.77. The van der Waals surface area contributed by atoms with Gasteiger partial charge in [-0.15, -0.1) is 0 Å². The summed E-state index contributed by atoms with van der Waals surface area (Å²) < 4.78 is 0.